The molecule has 0 aliphatic heterocycles. The van der Waals surface area contributed by atoms with E-state index in [1.807, 2.05) is 18.2 Å². The van der Waals surface area contributed by atoms with Crippen molar-refractivity contribution in [3.8, 4) is 0 Å². The Kier molecular flexibility index (Phi) is 4.25. The van der Waals surface area contributed by atoms with Crippen molar-refractivity contribution in [3.63, 3.8) is 0 Å². The second-order valence-electron chi connectivity index (χ2n) is 6.07. The molecule has 0 heterocycles. The summed E-state index contributed by atoms with van der Waals surface area (Å²) in [5, 5.41) is 6.44. The first-order valence-corrected chi connectivity index (χ1v) is 7.09. The highest BCUT2D eigenvalue weighted by atomic mass is 16.1. The van der Waals surface area contributed by atoms with Gasteiger partial charge in [0.25, 0.3) is 0 Å². The Labute approximate surface area is 115 Å². The Hall–Kier alpha value is -1.35. The van der Waals surface area contributed by atoms with Crippen LogP contribution in [0, 0.1) is 5.41 Å². The first kappa shape index (κ1) is 14.1. The number of amides is 1. The zero-order valence-corrected chi connectivity index (χ0v) is 12.1. The SMILES string of the molecule is CC(=O)Nc1cccc(C(C)NCC2(C)CCC2)c1. The lowest BCUT2D eigenvalue weighted by molar-refractivity contribution is -0.114. The minimum absolute atomic E-state index is 0.0280. The van der Waals surface area contributed by atoms with Crippen molar-refractivity contribution in [1.82, 2.24) is 5.32 Å². The molecule has 2 rings (SSSR count). The molecule has 1 aromatic rings. The van der Waals surface area contributed by atoms with Gasteiger partial charge in [0.2, 0.25) is 5.91 Å². The quantitative estimate of drug-likeness (QED) is 0.851. The van der Waals surface area contributed by atoms with Crippen molar-refractivity contribution in [2.24, 2.45) is 5.41 Å². The van der Waals surface area contributed by atoms with Gasteiger partial charge in [-0.15, -0.1) is 0 Å². The third kappa shape index (κ3) is 3.80. The van der Waals surface area contributed by atoms with Crippen LogP contribution in [0.1, 0.15) is 51.6 Å². The maximum atomic E-state index is 11.1. The van der Waals surface area contributed by atoms with Crippen molar-refractivity contribution in [1.29, 1.82) is 0 Å². The molecule has 104 valence electrons. The normalized spacial score (nSPS) is 18.5. The molecule has 3 heteroatoms. The highest BCUT2D eigenvalue weighted by Gasteiger charge is 2.31. The van der Waals surface area contributed by atoms with Crippen molar-refractivity contribution < 1.29 is 4.79 Å². The van der Waals surface area contributed by atoms with Gasteiger partial charge in [-0.1, -0.05) is 25.5 Å². The third-order valence-corrected chi connectivity index (χ3v) is 4.10. The van der Waals surface area contributed by atoms with Crippen LogP contribution in [0.2, 0.25) is 0 Å². The zero-order chi connectivity index (χ0) is 13.9. The van der Waals surface area contributed by atoms with Crippen molar-refractivity contribution in [3.05, 3.63) is 29.8 Å². The fraction of sp³-hybridized carbons (Fsp3) is 0.562. The third-order valence-electron chi connectivity index (χ3n) is 4.10. The van der Waals surface area contributed by atoms with E-state index in [9.17, 15) is 4.79 Å². The van der Waals surface area contributed by atoms with E-state index in [-0.39, 0.29) is 5.91 Å². The number of hydrogen-bond acceptors (Lipinski definition) is 2. The Morgan fingerprint density at radius 1 is 1.42 bits per heavy atom. The summed E-state index contributed by atoms with van der Waals surface area (Å²) in [4.78, 5) is 11.1. The molecule has 1 aliphatic rings. The average molecular weight is 260 g/mol. The molecule has 3 nitrogen and oxygen atoms in total. The number of benzene rings is 1. The molecule has 0 saturated heterocycles. The summed E-state index contributed by atoms with van der Waals surface area (Å²) in [6, 6.07) is 8.37. The van der Waals surface area contributed by atoms with E-state index >= 15 is 0 Å². The van der Waals surface area contributed by atoms with Crippen LogP contribution < -0.4 is 10.6 Å². The van der Waals surface area contributed by atoms with E-state index in [0.717, 1.165) is 12.2 Å². The Morgan fingerprint density at radius 2 is 2.16 bits per heavy atom. The highest BCUT2D eigenvalue weighted by Crippen LogP contribution is 2.39. The van der Waals surface area contributed by atoms with E-state index in [0.29, 0.717) is 11.5 Å². The van der Waals surface area contributed by atoms with Crippen LogP contribution in [0.3, 0.4) is 0 Å². The predicted octanol–water partition coefficient (Wildman–Crippen LogP) is 3.49. The van der Waals surface area contributed by atoms with Crippen molar-refractivity contribution in [2.75, 3.05) is 11.9 Å². The summed E-state index contributed by atoms with van der Waals surface area (Å²) < 4.78 is 0. The molecule has 1 saturated carbocycles. The number of rotatable bonds is 5. The average Bonchev–Trinajstić information content (AvgIpc) is 2.33. The minimum Gasteiger partial charge on any atom is -0.326 e. The van der Waals surface area contributed by atoms with Crippen LogP contribution in [0.25, 0.3) is 0 Å². The molecule has 1 atom stereocenters. The lowest BCUT2D eigenvalue weighted by atomic mass is 9.70. The fourth-order valence-corrected chi connectivity index (χ4v) is 2.56. The Balaban J connectivity index is 1.94. The molecule has 19 heavy (non-hydrogen) atoms. The van der Waals surface area contributed by atoms with Crippen LogP contribution in [-0.4, -0.2) is 12.5 Å². The van der Waals surface area contributed by atoms with Gasteiger partial charge in [0.05, 0.1) is 0 Å². The number of carbonyl (C=O) groups is 1. The van der Waals surface area contributed by atoms with E-state index in [1.165, 1.54) is 31.7 Å². The molecule has 1 unspecified atom stereocenters. The molecule has 1 fully saturated rings. The topological polar surface area (TPSA) is 41.1 Å². The molecule has 0 bridgehead atoms. The Morgan fingerprint density at radius 3 is 2.74 bits per heavy atom. The van der Waals surface area contributed by atoms with Crippen LogP contribution in [0.5, 0.6) is 0 Å². The molecular formula is C16H24N2O. The summed E-state index contributed by atoms with van der Waals surface area (Å²) >= 11 is 0. The molecule has 2 N–H and O–H groups in total. The van der Waals surface area contributed by atoms with Gasteiger partial charge in [0, 0.05) is 25.2 Å². The standard InChI is InChI=1S/C16H24N2O/c1-12(17-11-16(3)8-5-9-16)14-6-4-7-15(10-14)18-13(2)19/h4,6-7,10,12,17H,5,8-9,11H2,1-3H3,(H,18,19). The Bertz CT molecular complexity index is 452. The zero-order valence-electron chi connectivity index (χ0n) is 12.1. The summed E-state index contributed by atoms with van der Waals surface area (Å²) in [6.45, 7) is 7.13. The maximum Gasteiger partial charge on any atom is 0.221 e. The molecule has 0 aromatic heterocycles. The summed E-state index contributed by atoms with van der Waals surface area (Å²) in [7, 11) is 0. The van der Waals surface area contributed by atoms with E-state index in [1.54, 1.807) is 0 Å². The first-order valence-electron chi connectivity index (χ1n) is 7.09. The molecule has 1 aromatic carbocycles. The smallest absolute Gasteiger partial charge is 0.221 e. The number of hydrogen-bond donors (Lipinski definition) is 2. The fourth-order valence-electron chi connectivity index (χ4n) is 2.56. The van der Waals surface area contributed by atoms with Gasteiger partial charge in [-0.25, -0.2) is 0 Å². The van der Waals surface area contributed by atoms with E-state index < -0.39 is 0 Å². The number of nitrogens with one attached hydrogen (secondary N) is 2. The van der Waals surface area contributed by atoms with Gasteiger partial charge in [-0.3, -0.25) is 4.79 Å². The maximum absolute atomic E-state index is 11.1. The van der Waals surface area contributed by atoms with Gasteiger partial charge in [0.15, 0.2) is 0 Å². The van der Waals surface area contributed by atoms with Crippen molar-refractivity contribution >= 4 is 11.6 Å². The van der Waals surface area contributed by atoms with Gasteiger partial charge >= 0.3 is 0 Å². The molecule has 1 amide bonds. The summed E-state index contributed by atoms with van der Waals surface area (Å²) in [5.74, 6) is -0.0280. The van der Waals surface area contributed by atoms with Gasteiger partial charge < -0.3 is 10.6 Å². The molecule has 1 aliphatic carbocycles. The van der Waals surface area contributed by atoms with Gasteiger partial charge in [0.1, 0.15) is 0 Å². The van der Waals surface area contributed by atoms with E-state index in [2.05, 4.69) is 30.5 Å². The molecule has 0 radical (unpaired) electrons. The summed E-state index contributed by atoms with van der Waals surface area (Å²) in [6.07, 6.45) is 4.03. The molecule has 0 spiro atoms. The largest absolute Gasteiger partial charge is 0.326 e. The van der Waals surface area contributed by atoms with Gasteiger partial charge in [-0.05, 0) is 42.9 Å². The minimum atomic E-state index is -0.0280. The first-order chi connectivity index (χ1) is 8.98. The second-order valence-corrected chi connectivity index (χ2v) is 6.07. The number of carbonyl (C=O) groups excluding carboxylic acids is 1. The second kappa shape index (κ2) is 5.74. The van der Waals surface area contributed by atoms with Crippen LogP contribution in [0.4, 0.5) is 5.69 Å². The lowest BCUT2D eigenvalue weighted by Crippen LogP contribution is -2.38. The van der Waals surface area contributed by atoms with Crippen molar-refractivity contribution in [2.45, 2.75) is 46.1 Å². The van der Waals surface area contributed by atoms with Crippen LogP contribution in [0.15, 0.2) is 24.3 Å². The summed E-state index contributed by atoms with van der Waals surface area (Å²) in [5.41, 5.74) is 2.58. The van der Waals surface area contributed by atoms with Gasteiger partial charge in [-0.2, -0.15) is 0 Å². The monoisotopic (exact) mass is 260 g/mol. The molecular weight excluding hydrogens is 236 g/mol. The highest BCUT2D eigenvalue weighted by molar-refractivity contribution is 5.88. The van der Waals surface area contributed by atoms with E-state index in [4.69, 9.17) is 0 Å². The lowest BCUT2D eigenvalue weighted by Gasteiger charge is -2.39. The van der Waals surface area contributed by atoms with Crippen LogP contribution >= 0.6 is 0 Å². The van der Waals surface area contributed by atoms with Crippen LogP contribution in [-0.2, 0) is 4.79 Å². The predicted molar refractivity (Wildman–Crippen MR) is 79.1 cm³/mol. The number of anilines is 1.